The number of hydrogen-bond donors (Lipinski definition) is 3. The van der Waals surface area contributed by atoms with Crippen molar-refractivity contribution in [1.82, 2.24) is 5.32 Å². The molecule has 23 heavy (non-hydrogen) atoms. The molecule has 0 aliphatic rings. The van der Waals surface area contributed by atoms with Crippen LogP contribution in [0.5, 0.6) is 0 Å². The van der Waals surface area contributed by atoms with Crippen LogP contribution in [0.15, 0.2) is 24.3 Å². The maximum absolute atomic E-state index is 11.9. The summed E-state index contributed by atoms with van der Waals surface area (Å²) in [5, 5.41) is 11.3. The maximum Gasteiger partial charge on any atom is 0.326 e. The molecule has 0 saturated heterocycles. The lowest BCUT2D eigenvalue weighted by Gasteiger charge is -2.13. The van der Waals surface area contributed by atoms with Gasteiger partial charge in [0.1, 0.15) is 6.04 Å². The van der Waals surface area contributed by atoms with E-state index in [-0.39, 0.29) is 31.5 Å². The highest BCUT2D eigenvalue weighted by atomic mass is 16.4. The van der Waals surface area contributed by atoms with Gasteiger partial charge in [-0.3, -0.25) is 14.4 Å². The summed E-state index contributed by atoms with van der Waals surface area (Å²) in [6, 6.07) is 5.78. The maximum atomic E-state index is 11.9. The molecule has 0 bridgehead atoms. The molecule has 0 aliphatic carbocycles. The first kappa shape index (κ1) is 18.3. The van der Waals surface area contributed by atoms with Gasteiger partial charge in [0.2, 0.25) is 11.8 Å². The number of carbonyl (C=O) groups excluding carboxylic acids is 3. The smallest absolute Gasteiger partial charge is 0.326 e. The van der Waals surface area contributed by atoms with E-state index in [0.29, 0.717) is 5.56 Å². The predicted octanol–water partition coefficient (Wildman–Crippen LogP) is 0.793. The first-order chi connectivity index (χ1) is 10.8. The van der Waals surface area contributed by atoms with Crippen LogP contribution in [0, 0.1) is 6.92 Å². The van der Waals surface area contributed by atoms with Crippen LogP contribution in [-0.2, 0) is 14.4 Å². The van der Waals surface area contributed by atoms with E-state index >= 15 is 0 Å². The average Bonchev–Trinajstić information content (AvgIpc) is 2.49. The molecule has 124 valence electrons. The number of hydrogen-bond acceptors (Lipinski definition) is 4. The first-order valence-electron chi connectivity index (χ1n) is 7.20. The lowest BCUT2D eigenvalue weighted by atomic mass is 10.0. The number of primary amides is 1. The summed E-state index contributed by atoms with van der Waals surface area (Å²) in [6.45, 7) is 1.90. The summed E-state index contributed by atoms with van der Waals surface area (Å²) < 4.78 is 0. The minimum absolute atomic E-state index is 0.0168. The number of aryl methyl sites for hydroxylation is 1. The van der Waals surface area contributed by atoms with Gasteiger partial charge in [-0.25, -0.2) is 4.79 Å². The van der Waals surface area contributed by atoms with E-state index in [2.05, 4.69) is 5.32 Å². The van der Waals surface area contributed by atoms with Crippen LogP contribution in [0.2, 0.25) is 0 Å². The van der Waals surface area contributed by atoms with Crippen LogP contribution in [0.1, 0.15) is 41.6 Å². The van der Waals surface area contributed by atoms with E-state index < -0.39 is 23.8 Å². The first-order valence-corrected chi connectivity index (χ1v) is 7.20. The van der Waals surface area contributed by atoms with Gasteiger partial charge in [0.25, 0.3) is 0 Å². The molecule has 2 amide bonds. The summed E-state index contributed by atoms with van der Waals surface area (Å²) >= 11 is 0. The van der Waals surface area contributed by atoms with Crippen LogP contribution in [0.3, 0.4) is 0 Å². The number of rotatable bonds is 9. The molecule has 1 atom stereocenters. The van der Waals surface area contributed by atoms with Crippen molar-refractivity contribution in [3.05, 3.63) is 35.4 Å². The zero-order valence-electron chi connectivity index (χ0n) is 12.9. The fourth-order valence-electron chi connectivity index (χ4n) is 1.92. The highest BCUT2D eigenvalue weighted by Gasteiger charge is 2.20. The van der Waals surface area contributed by atoms with Crippen LogP contribution in [-0.4, -0.2) is 34.7 Å². The quantitative estimate of drug-likeness (QED) is 0.580. The molecule has 0 saturated carbocycles. The Bertz CT molecular complexity index is 595. The van der Waals surface area contributed by atoms with Gasteiger partial charge < -0.3 is 16.2 Å². The molecule has 0 fully saturated rings. The molecule has 1 unspecified atom stereocenters. The Hall–Kier alpha value is -2.70. The van der Waals surface area contributed by atoms with Crippen molar-refractivity contribution in [1.29, 1.82) is 0 Å². The van der Waals surface area contributed by atoms with Gasteiger partial charge in [-0.2, -0.15) is 0 Å². The van der Waals surface area contributed by atoms with Crippen LogP contribution >= 0.6 is 0 Å². The number of carboxylic acid groups (broad SMARTS) is 1. The summed E-state index contributed by atoms with van der Waals surface area (Å²) in [7, 11) is 0. The molecule has 0 spiro atoms. The summed E-state index contributed by atoms with van der Waals surface area (Å²) in [4.78, 5) is 45.4. The van der Waals surface area contributed by atoms with Crippen LogP contribution in [0.4, 0.5) is 0 Å². The van der Waals surface area contributed by atoms with E-state index in [1.54, 1.807) is 24.3 Å². The third kappa shape index (κ3) is 6.73. The average molecular weight is 320 g/mol. The van der Waals surface area contributed by atoms with E-state index in [0.717, 1.165) is 5.56 Å². The van der Waals surface area contributed by atoms with Gasteiger partial charge in [-0.1, -0.05) is 29.8 Å². The third-order valence-corrected chi connectivity index (χ3v) is 3.27. The van der Waals surface area contributed by atoms with Crippen molar-refractivity contribution in [2.24, 2.45) is 5.73 Å². The SMILES string of the molecule is Cc1ccc(C(=O)CCC(=O)NC(CCC(N)=O)C(=O)O)cc1. The normalized spacial score (nSPS) is 11.5. The number of carboxylic acids is 1. The highest BCUT2D eigenvalue weighted by Crippen LogP contribution is 2.08. The number of amides is 2. The molecule has 1 aromatic carbocycles. The highest BCUT2D eigenvalue weighted by molar-refractivity contribution is 5.98. The number of nitrogens with one attached hydrogen (secondary N) is 1. The van der Waals surface area contributed by atoms with Gasteiger partial charge in [-0.05, 0) is 13.3 Å². The molecular formula is C16H20N2O5. The molecular weight excluding hydrogens is 300 g/mol. The van der Waals surface area contributed by atoms with E-state index in [1.807, 2.05) is 6.92 Å². The molecule has 0 aliphatic heterocycles. The van der Waals surface area contributed by atoms with Crippen molar-refractivity contribution < 1.29 is 24.3 Å². The number of aliphatic carboxylic acids is 1. The Morgan fingerprint density at radius 1 is 1.09 bits per heavy atom. The minimum atomic E-state index is -1.25. The second-order valence-electron chi connectivity index (χ2n) is 5.25. The standard InChI is InChI=1S/C16H20N2O5/c1-10-2-4-11(5-3-10)13(19)7-9-15(21)18-12(16(22)23)6-8-14(17)20/h2-5,12H,6-9H2,1H3,(H2,17,20)(H,18,21)(H,22,23). The van der Waals surface area contributed by atoms with Gasteiger partial charge in [0.15, 0.2) is 5.78 Å². The Balaban J connectivity index is 2.48. The molecule has 7 heteroatoms. The number of benzene rings is 1. The van der Waals surface area contributed by atoms with Gasteiger partial charge >= 0.3 is 5.97 Å². The Labute approximate surface area is 133 Å². The van der Waals surface area contributed by atoms with Crippen molar-refractivity contribution >= 4 is 23.6 Å². The fraction of sp³-hybridized carbons (Fsp3) is 0.375. The van der Waals surface area contributed by atoms with Crippen molar-refractivity contribution in [2.45, 2.75) is 38.6 Å². The van der Waals surface area contributed by atoms with Gasteiger partial charge in [0, 0.05) is 24.8 Å². The molecule has 1 rings (SSSR count). The number of ketones is 1. The number of Topliss-reactive ketones (excluding diaryl/α,β-unsaturated/α-hetero) is 1. The monoisotopic (exact) mass is 320 g/mol. The topological polar surface area (TPSA) is 127 Å². The largest absolute Gasteiger partial charge is 0.480 e. The Kier molecular flexibility index (Phi) is 6.92. The van der Waals surface area contributed by atoms with Crippen molar-refractivity contribution in [3.63, 3.8) is 0 Å². The van der Waals surface area contributed by atoms with E-state index in [4.69, 9.17) is 10.8 Å². The number of nitrogens with two attached hydrogens (primary N) is 1. The number of carbonyl (C=O) groups is 4. The van der Waals surface area contributed by atoms with E-state index in [9.17, 15) is 19.2 Å². The third-order valence-electron chi connectivity index (χ3n) is 3.27. The van der Waals surface area contributed by atoms with Crippen molar-refractivity contribution in [2.75, 3.05) is 0 Å². The molecule has 7 nitrogen and oxygen atoms in total. The molecule has 1 aromatic rings. The molecule has 0 aromatic heterocycles. The summed E-state index contributed by atoms with van der Waals surface area (Å²) in [5.74, 6) is -2.63. The predicted molar refractivity (Wildman–Crippen MR) is 82.7 cm³/mol. The van der Waals surface area contributed by atoms with Crippen LogP contribution < -0.4 is 11.1 Å². The van der Waals surface area contributed by atoms with Gasteiger partial charge in [0.05, 0.1) is 0 Å². The Morgan fingerprint density at radius 2 is 1.70 bits per heavy atom. The molecule has 4 N–H and O–H groups in total. The lowest BCUT2D eigenvalue weighted by molar-refractivity contribution is -0.142. The summed E-state index contributed by atoms with van der Waals surface area (Å²) in [5.41, 5.74) is 6.49. The Morgan fingerprint density at radius 3 is 2.22 bits per heavy atom. The molecule has 0 heterocycles. The van der Waals surface area contributed by atoms with Crippen molar-refractivity contribution in [3.8, 4) is 0 Å². The second kappa shape index (κ2) is 8.67. The zero-order chi connectivity index (χ0) is 17.4. The minimum Gasteiger partial charge on any atom is -0.480 e. The van der Waals surface area contributed by atoms with Gasteiger partial charge in [-0.15, -0.1) is 0 Å². The fourth-order valence-corrected chi connectivity index (χ4v) is 1.92. The van der Waals surface area contributed by atoms with Crippen LogP contribution in [0.25, 0.3) is 0 Å². The molecule has 0 radical (unpaired) electrons. The zero-order valence-corrected chi connectivity index (χ0v) is 12.9. The summed E-state index contributed by atoms with van der Waals surface area (Å²) in [6.07, 6.45) is -0.355. The van der Waals surface area contributed by atoms with E-state index in [1.165, 1.54) is 0 Å². The second-order valence-corrected chi connectivity index (χ2v) is 5.25. The lowest BCUT2D eigenvalue weighted by Crippen LogP contribution is -2.41.